The molecule has 1 heterocycles. The molecule has 0 aromatic carbocycles. The molecule has 82 valence electrons. The monoisotopic (exact) mass is 245 g/mol. The van der Waals surface area contributed by atoms with Gasteiger partial charge < -0.3 is 10.1 Å². The summed E-state index contributed by atoms with van der Waals surface area (Å²) in [4.78, 5) is 23.0. The number of rotatable bonds is 4. The van der Waals surface area contributed by atoms with Crippen molar-refractivity contribution in [1.82, 2.24) is 0 Å². The van der Waals surface area contributed by atoms with Crippen LogP contribution in [0.5, 0.6) is 0 Å². The van der Waals surface area contributed by atoms with Crippen molar-refractivity contribution in [2.24, 2.45) is 0 Å². The lowest BCUT2D eigenvalue weighted by molar-refractivity contribution is -0.113. The molecule has 1 aromatic rings. The van der Waals surface area contributed by atoms with Gasteiger partial charge in [-0.15, -0.1) is 11.3 Å². The van der Waals surface area contributed by atoms with Crippen molar-refractivity contribution in [2.45, 2.75) is 0 Å². The number of thiophene rings is 1. The van der Waals surface area contributed by atoms with Gasteiger partial charge in [0.05, 0.1) is 18.6 Å². The number of esters is 1. The highest BCUT2D eigenvalue weighted by Gasteiger charge is 2.14. The van der Waals surface area contributed by atoms with Crippen LogP contribution in [-0.4, -0.2) is 31.0 Å². The molecule has 1 amide bonds. The molecular formula is C9H11NO3S2. The number of hydrogen-bond donors (Lipinski definition) is 1. The molecule has 0 aliphatic rings. The third kappa shape index (κ3) is 3.24. The fourth-order valence-corrected chi connectivity index (χ4v) is 2.08. The SMILES string of the molecule is COC(=O)c1sccc1NC(=O)CSC. The van der Waals surface area contributed by atoms with E-state index in [0.717, 1.165) is 0 Å². The maximum atomic E-state index is 11.3. The van der Waals surface area contributed by atoms with E-state index in [1.807, 2.05) is 6.26 Å². The Morgan fingerprint density at radius 1 is 1.60 bits per heavy atom. The molecule has 0 aliphatic carbocycles. The largest absolute Gasteiger partial charge is 0.465 e. The van der Waals surface area contributed by atoms with Gasteiger partial charge in [-0.25, -0.2) is 4.79 Å². The van der Waals surface area contributed by atoms with Gasteiger partial charge in [-0.1, -0.05) is 0 Å². The maximum absolute atomic E-state index is 11.3. The van der Waals surface area contributed by atoms with Crippen LogP contribution in [0.4, 0.5) is 5.69 Å². The van der Waals surface area contributed by atoms with Gasteiger partial charge in [-0.2, -0.15) is 11.8 Å². The second-order valence-corrected chi connectivity index (χ2v) is 4.42. The van der Waals surface area contributed by atoms with Crippen LogP contribution < -0.4 is 5.32 Å². The molecule has 15 heavy (non-hydrogen) atoms. The number of ether oxygens (including phenoxy) is 1. The van der Waals surface area contributed by atoms with E-state index in [0.29, 0.717) is 16.3 Å². The van der Waals surface area contributed by atoms with Crippen LogP contribution in [0.2, 0.25) is 0 Å². The number of hydrogen-bond acceptors (Lipinski definition) is 5. The fourth-order valence-electron chi connectivity index (χ4n) is 0.976. The van der Waals surface area contributed by atoms with Gasteiger partial charge in [-0.05, 0) is 17.7 Å². The zero-order valence-corrected chi connectivity index (χ0v) is 10.0. The minimum Gasteiger partial charge on any atom is -0.465 e. The van der Waals surface area contributed by atoms with Gasteiger partial charge in [0.1, 0.15) is 4.88 Å². The summed E-state index contributed by atoms with van der Waals surface area (Å²) in [6.45, 7) is 0. The standard InChI is InChI=1S/C9H11NO3S2/c1-13-9(12)8-6(3-4-15-8)10-7(11)5-14-2/h3-4H,5H2,1-2H3,(H,10,11). The maximum Gasteiger partial charge on any atom is 0.350 e. The predicted octanol–water partition coefficient (Wildman–Crippen LogP) is 1.84. The van der Waals surface area contributed by atoms with Crippen molar-refractivity contribution < 1.29 is 14.3 Å². The molecule has 0 unspecified atom stereocenters. The minimum atomic E-state index is -0.426. The van der Waals surface area contributed by atoms with E-state index in [1.165, 1.54) is 30.2 Å². The molecule has 0 radical (unpaired) electrons. The van der Waals surface area contributed by atoms with Crippen molar-refractivity contribution in [3.63, 3.8) is 0 Å². The Morgan fingerprint density at radius 2 is 2.33 bits per heavy atom. The molecule has 1 rings (SSSR count). The zero-order valence-electron chi connectivity index (χ0n) is 8.40. The zero-order chi connectivity index (χ0) is 11.3. The number of amides is 1. The Morgan fingerprint density at radius 3 is 2.93 bits per heavy atom. The lowest BCUT2D eigenvalue weighted by Gasteiger charge is -2.03. The molecule has 0 saturated heterocycles. The first kappa shape index (κ1) is 12.1. The van der Waals surface area contributed by atoms with E-state index >= 15 is 0 Å². The Bertz CT molecular complexity index is 362. The highest BCUT2D eigenvalue weighted by Crippen LogP contribution is 2.23. The van der Waals surface area contributed by atoms with Crippen LogP contribution in [0.15, 0.2) is 11.4 Å². The molecular weight excluding hydrogens is 234 g/mol. The molecule has 0 saturated carbocycles. The van der Waals surface area contributed by atoms with Gasteiger partial charge in [0.15, 0.2) is 0 Å². The van der Waals surface area contributed by atoms with Crippen LogP contribution in [0.3, 0.4) is 0 Å². The Balaban J connectivity index is 2.73. The number of anilines is 1. The van der Waals surface area contributed by atoms with Gasteiger partial charge in [-0.3, -0.25) is 4.79 Å². The van der Waals surface area contributed by atoms with Gasteiger partial charge in [0.25, 0.3) is 0 Å². The average Bonchev–Trinajstić information content (AvgIpc) is 2.65. The third-order valence-electron chi connectivity index (χ3n) is 1.59. The number of nitrogens with one attached hydrogen (secondary N) is 1. The topological polar surface area (TPSA) is 55.4 Å². The van der Waals surface area contributed by atoms with Crippen LogP contribution in [0.1, 0.15) is 9.67 Å². The molecule has 0 aliphatic heterocycles. The summed E-state index contributed by atoms with van der Waals surface area (Å²) < 4.78 is 4.59. The summed E-state index contributed by atoms with van der Waals surface area (Å²) in [6, 6.07) is 1.69. The second kappa shape index (κ2) is 5.77. The van der Waals surface area contributed by atoms with Gasteiger partial charge in [0.2, 0.25) is 5.91 Å². The molecule has 1 N–H and O–H groups in total. The molecule has 0 atom stereocenters. The van der Waals surface area contributed by atoms with Crippen molar-refractivity contribution >= 4 is 40.7 Å². The summed E-state index contributed by atoms with van der Waals surface area (Å²) in [7, 11) is 1.32. The van der Waals surface area contributed by atoms with E-state index in [2.05, 4.69) is 10.1 Å². The van der Waals surface area contributed by atoms with Crippen LogP contribution in [0, 0.1) is 0 Å². The van der Waals surface area contributed by atoms with Gasteiger partial charge >= 0.3 is 5.97 Å². The first-order chi connectivity index (χ1) is 7.19. The number of carbonyl (C=O) groups is 2. The number of carbonyl (C=O) groups excluding carboxylic acids is 2. The summed E-state index contributed by atoms with van der Waals surface area (Å²) in [5, 5.41) is 4.39. The predicted molar refractivity (Wildman–Crippen MR) is 62.7 cm³/mol. The first-order valence-electron chi connectivity index (χ1n) is 4.13. The van der Waals surface area contributed by atoms with E-state index in [9.17, 15) is 9.59 Å². The average molecular weight is 245 g/mol. The Hall–Kier alpha value is -1.01. The molecule has 6 heteroatoms. The summed E-state index contributed by atoms with van der Waals surface area (Å²) in [5.41, 5.74) is 0.519. The van der Waals surface area contributed by atoms with E-state index in [-0.39, 0.29) is 5.91 Å². The quantitative estimate of drug-likeness (QED) is 0.822. The van der Waals surface area contributed by atoms with Gasteiger partial charge in [0, 0.05) is 0 Å². The lowest BCUT2D eigenvalue weighted by atomic mass is 10.4. The minimum absolute atomic E-state index is 0.119. The summed E-state index contributed by atoms with van der Waals surface area (Å²) in [6.07, 6.45) is 1.84. The summed E-state index contributed by atoms with van der Waals surface area (Å²) in [5.74, 6) is -0.174. The second-order valence-electron chi connectivity index (χ2n) is 2.64. The normalized spacial score (nSPS) is 9.73. The first-order valence-corrected chi connectivity index (χ1v) is 6.41. The third-order valence-corrected chi connectivity index (χ3v) is 3.03. The van der Waals surface area contributed by atoms with E-state index in [1.54, 1.807) is 11.4 Å². The van der Waals surface area contributed by atoms with Crippen LogP contribution in [-0.2, 0) is 9.53 Å². The molecule has 4 nitrogen and oxygen atoms in total. The van der Waals surface area contributed by atoms with Crippen LogP contribution in [0.25, 0.3) is 0 Å². The molecule has 0 fully saturated rings. The number of methoxy groups -OCH3 is 1. The smallest absolute Gasteiger partial charge is 0.350 e. The molecule has 0 bridgehead atoms. The van der Waals surface area contributed by atoms with E-state index < -0.39 is 5.97 Å². The van der Waals surface area contributed by atoms with Crippen LogP contribution >= 0.6 is 23.1 Å². The van der Waals surface area contributed by atoms with Crippen molar-refractivity contribution in [2.75, 3.05) is 24.4 Å². The fraction of sp³-hybridized carbons (Fsp3) is 0.333. The van der Waals surface area contributed by atoms with Crippen molar-refractivity contribution in [3.8, 4) is 0 Å². The summed E-state index contributed by atoms with van der Waals surface area (Å²) >= 11 is 2.67. The Kier molecular flexibility index (Phi) is 4.64. The molecule has 1 aromatic heterocycles. The molecule has 0 spiro atoms. The van der Waals surface area contributed by atoms with Crippen molar-refractivity contribution in [3.05, 3.63) is 16.3 Å². The number of thioether (sulfide) groups is 1. The highest BCUT2D eigenvalue weighted by atomic mass is 32.2. The highest BCUT2D eigenvalue weighted by molar-refractivity contribution is 7.99. The van der Waals surface area contributed by atoms with Crippen molar-refractivity contribution in [1.29, 1.82) is 0 Å². The Labute approximate surface area is 96.0 Å². The van der Waals surface area contributed by atoms with E-state index in [4.69, 9.17) is 0 Å². The lowest BCUT2D eigenvalue weighted by Crippen LogP contribution is -2.15.